The maximum Gasteiger partial charge on any atom is 0.233 e. The molecule has 0 aliphatic rings. The monoisotopic (exact) mass is 215 g/mol. The van der Waals surface area contributed by atoms with Crippen LogP contribution in [0.1, 0.15) is 40.0 Å². The number of oxime groups is 1. The molecule has 0 bridgehead atoms. The Labute approximate surface area is 93.5 Å². The van der Waals surface area contributed by atoms with E-state index < -0.39 is 0 Å². The van der Waals surface area contributed by atoms with Crippen LogP contribution in [0.2, 0.25) is 0 Å². The molecular formula is C11H25N3O. The minimum atomic E-state index is 0.444. The summed E-state index contributed by atoms with van der Waals surface area (Å²) < 4.78 is 0. The Bertz CT molecular complexity index is 190. The summed E-state index contributed by atoms with van der Waals surface area (Å²) in [7, 11) is 3.36. The van der Waals surface area contributed by atoms with E-state index in [0.29, 0.717) is 11.4 Å². The van der Waals surface area contributed by atoms with Gasteiger partial charge in [-0.2, -0.15) is 0 Å². The summed E-state index contributed by atoms with van der Waals surface area (Å²) in [6, 6.07) is 0. The lowest BCUT2D eigenvalue weighted by atomic mass is 9.85. The molecule has 15 heavy (non-hydrogen) atoms. The number of rotatable bonds is 6. The molecule has 0 radical (unpaired) electrons. The van der Waals surface area contributed by atoms with Crippen LogP contribution in [0, 0.1) is 5.41 Å². The van der Waals surface area contributed by atoms with E-state index in [4.69, 9.17) is 0 Å². The Morgan fingerprint density at radius 1 is 1.40 bits per heavy atom. The summed E-state index contributed by atoms with van der Waals surface area (Å²) in [5.74, 6) is 0.687. The van der Waals surface area contributed by atoms with Gasteiger partial charge < -0.3 is 15.5 Å². The van der Waals surface area contributed by atoms with Crippen molar-refractivity contribution >= 4 is 5.96 Å². The Morgan fingerprint density at radius 3 is 2.53 bits per heavy atom. The highest BCUT2D eigenvalue weighted by atomic mass is 16.6. The molecule has 0 atom stereocenters. The number of nitrogens with zero attached hydrogens (tertiary/aromatic N) is 1. The zero-order valence-corrected chi connectivity index (χ0v) is 10.7. The molecule has 0 aromatic carbocycles. The van der Waals surface area contributed by atoms with E-state index in [1.807, 2.05) is 7.05 Å². The molecular weight excluding hydrogens is 190 g/mol. The highest BCUT2D eigenvalue weighted by Crippen LogP contribution is 2.25. The molecule has 0 aromatic rings. The lowest BCUT2D eigenvalue weighted by molar-refractivity contribution is 0.210. The smallest absolute Gasteiger partial charge is 0.233 e. The summed E-state index contributed by atoms with van der Waals surface area (Å²) in [5.41, 5.74) is 0.444. The van der Waals surface area contributed by atoms with Crippen molar-refractivity contribution in [1.82, 2.24) is 10.6 Å². The van der Waals surface area contributed by atoms with Crippen LogP contribution in [0.4, 0.5) is 0 Å². The van der Waals surface area contributed by atoms with Crippen LogP contribution >= 0.6 is 0 Å². The van der Waals surface area contributed by atoms with Gasteiger partial charge in [-0.25, -0.2) is 0 Å². The number of guanidine groups is 1. The highest BCUT2D eigenvalue weighted by Gasteiger charge is 2.13. The van der Waals surface area contributed by atoms with Crippen molar-refractivity contribution < 1.29 is 4.84 Å². The maximum atomic E-state index is 4.68. The molecule has 0 rings (SSSR count). The van der Waals surface area contributed by atoms with E-state index in [1.54, 1.807) is 7.11 Å². The van der Waals surface area contributed by atoms with Gasteiger partial charge in [0.1, 0.15) is 7.11 Å². The average Bonchev–Trinajstić information content (AvgIpc) is 2.22. The zero-order chi connectivity index (χ0) is 11.7. The topological polar surface area (TPSA) is 45.7 Å². The van der Waals surface area contributed by atoms with Crippen LogP contribution in [-0.2, 0) is 4.84 Å². The Hall–Kier alpha value is -0.930. The second-order valence-corrected chi connectivity index (χ2v) is 4.42. The summed E-state index contributed by atoms with van der Waals surface area (Å²) in [4.78, 5) is 4.68. The lowest BCUT2D eigenvalue weighted by Crippen LogP contribution is -2.35. The van der Waals surface area contributed by atoms with Gasteiger partial charge in [-0.05, 0) is 23.4 Å². The largest absolute Gasteiger partial charge is 0.396 e. The van der Waals surface area contributed by atoms with Crippen molar-refractivity contribution in [3.8, 4) is 0 Å². The van der Waals surface area contributed by atoms with Gasteiger partial charge in [0.15, 0.2) is 0 Å². The molecule has 0 heterocycles. The molecule has 0 saturated heterocycles. The van der Waals surface area contributed by atoms with E-state index in [0.717, 1.165) is 13.0 Å². The fourth-order valence-corrected chi connectivity index (χ4v) is 1.21. The molecule has 0 saturated carbocycles. The van der Waals surface area contributed by atoms with Crippen LogP contribution in [0.3, 0.4) is 0 Å². The molecule has 0 spiro atoms. The minimum absolute atomic E-state index is 0.444. The quantitative estimate of drug-likeness (QED) is 0.308. The van der Waals surface area contributed by atoms with E-state index in [-0.39, 0.29) is 0 Å². The molecule has 0 unspecified atom stereocenters. The molecule has 4 nitrogen and oxygen atoms in total. The molecule has 90 valence electrons. The molecule has 2 N–H and O–H groups in total. The third kappa shape index (κ3) is 7.05. The van der Waals surface area contributed by atoms with Gasteiger partial charge in [-0.1, -0.05) is 27.2 Å². The summed E-state index contributed by atoms with van der Waals surface area (Å²) >= 11 is 0. The van der Waals surface area contributed by atoms with Gasteiger partial charge in [0.25, 0.3) is 0 Å². The van der Waals surface area contributed by atoms with Gasteiger partial charge in [0.2, 0.25) is 5.96 Å². The van der Waals surface area contributed by atoms with Crippen LogP contribution in [0.25, 0.3) is 0 Å². The van der Waals surface area contributed by atoms with Crippen molar-refractivity contribution in [3.05, 3.63) is 0 Å². The minimum Gasteiger partial charge on any atom is -0.396 e. The van der Waals surface area contributed by atoms with E-state index in [1.165, 1.54) is 12.8 Å². The Balaban J connectivity index is 3.66. The first-order chi connectivity index (χ1) is 7.05. The normalized spacial score (nSPS) is 12.5. The Kier molecular flexibility index (Phi) is 6.92. The average molecular weight is 215 g/mol. The predicted molar refractivity (Wildman–Crippen MR) is 64.8 cm³/mol. The van der Waals surface area contributed by atoms with Crippen molar-refractivity contribution in [1.29, 1.82) is 0 Å². The van der Waals surface area contributed by atoms with Crippen molar-refractivity contribution in [2.75, 3.05) is 20.7 Å². The fraction of sp³-hybridized carbons (Fsp3) is 0.909. The molecule has 0 aliphatic heterocycles. The predicted octanol–water partition coefficient (Wildman–Crippen LogP) is 1.93. The first-order valence-corrected chi connectivity index (χ1v) is 5.58. The SMILES string of the molecule is CCC(C)(C)CCCN/C(=N/OC)NC. The molecule has 0 fully saturated rings. The second kappa shape index (κ2) is 7.37. The third-order valence-corrected chi connectivity index (χ3v) is 2.70. The van der Waals surface area contributed by atoms with E-state index in [2.05, 4.69) is 41.4 Å². The standard InChI is InChI=1S/C11H25N3O/c1-6-11(2,3)8-7-9-13-10(12-4)14-15-5/h6-9H2,1-5H3,(H2,12,13,14). The fourth-order valence-electron chi connectivity index (χ4n) is 1.21. The zero-order valence-electron chi connectivity index (χ0n) is 10.7. The summed E-state index contributed by atoms with van der Waals surface area (Å²) in [6.45, 7) is 7.76. The van der Waals surface area contributed by atoms with Gasteiger partial charge in [0.05, 0.1) is 0 Å². The molecule has 4 heteroatoms. The number of hydrogen-bond donors (Lipinski definition) is 2. The van der Waals surface area contributed by atoms with Gasteiger partial charge in [-0.15, -0.1) is 0 Å². The van der Waals surface area contributed by atoms with Gasteiger partial charge in [-0.3, -0.25) is 0 Å². The van der Waals surface area contributed by atoms with Crippen LogP contribution in [-0.4, -0.2) is 26.7 Å². The van der Waals surface area contributed by atoms with Crippen molar-refractivity contribution in [3.63, 3.8) is 0 Å². The van der Waals surface area contributed by atoms with Crippen molar-refractivity contribution in [2.24, 2.45) is 10.6 Å². The van der Waals surface area contributed by atoms with Gasteiger partial charge >= 0.3 is 0 Å². The molecule has 0 aromatic heterocycles. The lowest BCUT2D eigenvalue weighted by Gasteiger charge is -2.22. The Morgan fingerprint density at radius 2 is 2.07 bits per heavy atom. The number of nitrogens with one attached hydrogen (secondary N) is 2. The first kappa shape index (κ1) is 14.1. The summed E-state index contributed by atoms with van der Waals surface area (Å²) in [6.07, 6.45) is 3.59. The van der Waals surface area contributed by atoms with Crippen molar-refractivity contribution in [2.45, 2.75) is 40.0 Å². The van der Waals surface area contributed by atoms with E-state index >= 15 is 0 Å². The summed E-state index contributed by atoms with van der Waals surface area (Å²) in [5, 5.41) is 9.90. The molecule has 0 aliphatic carbocycles. The van der Waals surface area contributed by atoms with Crippen LogP contribution in [0.15, 0.2) is 5.16 Å². The van der Waals surface area contributed by atoms with E-state index in [9.17, 15) is 0 Å². The van der Waals surface area contributed by atoms with Crippen LogP contribution in [0.5, 0.6) is 0 Å². The first-order valence-electron chi connectivity index (χ1n) is 5.58. The third-order valence-electron chi connectivity index (χ3n) is 2.70. The number of hydrogen-bond acceptors (Lipinski definition) is 2. The maximum absolute atomic E-state index is 4.68. The van der Waals surface area contributed by atoms with Crippen LogP contribution < -0.4 is 10.6 Å². The highest BCUT2D eigenvalue weighted by molar-refractivity contribution is 5.78. The molecule has 0 amide bonds. The van der Waals surface area contributed by atoms with Gasteiger partial charge in [0, 0.05) is 13.6 Å². The second-order valence-electron chi connectivity index (χ2n) is 4.42.